The van der Waals surface area contributed by atoms with Gasteiger partial charge >= 0.3 is 0 Å². The number of aliphatic hydroxyl groups excluding tert-OH is 5. The number of thiazole rings is 1. The molecule has 0 aromatic carbocycles. The number of alkyl halides is 1. The van der Waals surface area contributed by atoms with Crippen LogP contribution in [0.15, 0.2) is 24.3 Å². The Balaban J connectivity index is 0.000000151. The SMILES string of the molecule is C=C1C(=O)[C@]23[C@H](O)[C@H]1CC[C@H]2[C@@]12CO[C@@]3(O)[C@@H](O)[C@@H]1C(C)(C)CC(Br)C2=O.C=C1C(=O)[C@]23[C@H](O)[C@H]1CC[C@H]2[C@@]12CO[C@@]3(O)[C@@H](O)[C@@H]1C(C)(C)Cc1sc(N)nc12.CCO.NC(N)=S. The van der Waals surface area contributed by atoms with Crippen molar-refractivity contribution in [3.63, 3.8) is 0 Å². The fraction of sp³-hybridized carbons (Fsp3) is 0.750. The molecule has 348 valence electrons. The Morgan fingerprint density at radius 2 is 1.22 bits per heavy atom. The van der Waals surface area contributed by atoms with Gasteiger partial charge in [0.05, 0.1) is 41.4 Å². The molecule has 0 amide bonds. The fourth-order valence-corrected chi connectivity index (χ4v) is 18.3. The average Bonchev–Trinajstić information content (AvgIpc) is 3.63. The number of ketones is 3. The number of nitrogens with zero attached hydrogens (tertiary/aromatic N) is 1. The highest BCUT2D eigenvalue weighted by Gasteiger charge is 2.89. The molecule has 13 N–H and O–H groups in total. The summed E-state index contributed by atoms with van der Waals surface area (Å²) in [7, 11) is 0. The van der Waals surface area contributed by atoms with E-state index in [1.54, 1.807) is 6.92 Å². The third-order valence-corrected chi connectivity index (χ3v) is 19.1. The standard InChI is InChI=1S/C21H26N2O5S.C20H25BrO6.C2H6O.CH4N2S/c1-8-9-4-5-11-19-7-28-21(27,20(11,14(8)24)15(9)25)16(26)12(19)18(2,3)6-10-13(19)23-17(22)29-10;1-8-9-4-5-11-18-7-27-20(26,19(11,13(8)22)14(9)23)16(25)12(18)17(2,3)6-10(21)15(18)24;1-2-3;2-1(3)4/h9,11-12,15-16,25-27H,1,4-7H2,2-3H3,(H2,22,23);9-12,14,16,23,25-26H,1,4-7H2,2-3H3;3H,2H2,1H3;(H4,2,3,4)/t9-,11-,12+,15+,16-,19-,20-,21-;9-,10?,11-,12+,14+,16-,18-,19-,20-;;/m00../s1. The Kier molecular flexibility index (Phi) is 11.0. The highest BCUT2D eigenvalue weighted by molar-refractivity contribution is 9.10. The lowest BCUT2D eigenvalue weighted by Gasteiger charge is -2.73. The second-order valence-electron chi connectivity index (χ2n) is 20.9. The number of nitrogen functional groups attached to an aromatic ring is 1. The van der Waals surface area contributed by atoms with Gasteiger partial charge in [-0.2, -0.15) is 0 Å². The van der Waals surface area contributed by atoms with Gasteiger partial charge in [-0.25, -0.2) is 4.98 Å². The molecule has 0 radical (unpaired) electrons. The van der Waals surface area contributed by atoms with Gasteiger partial charge in [0.2, 0.25) is 11.6 Å². The minimum absolute atomic E-state index is 0.000000000000000222. The minimum atomic E-state index is -2.21. The summed E-state index contributed by atoms with van der Waals surface area (Å²) in [6, 6.07) is 0. The van der Waals surface area contributed by atoms with Gasteiger partial charge in [-0.15, -0.1) is 11.3 Å². The van der Waals surface area contributed by atoms with Crippen molar-refractivity contribution in [1.29, 1.82) is 0 Å². The van der Waals surface area contributed by atoms with Crippen molar-refractivity contribution < 1.29 is 59.6 Å². The van der Waals surface area contributed by atoms with Crippen molar-refractivity contribution in [1.82, 2.24) is 4.98 Å². The molecule has 4 saturated heterocycles. The third kappa shape index (κ3) is 5.30. The van der Waals surface area contributed by atoms with Gasteiger partial charge in [0.1, 0.15) is 23.0 Å². The molecular weight excluding hydrogens is 921 g/mol. The Labute approximate surface area is 383 Å². The maximum absolute atomic E-state index is 13.6. The number of rotatable bonds is 0. The van der Waals surface area contributed by atoms with E-state index in [1.165, 1.54) is 11.3 Å². The molecule has 12 aliphatic rings. The molecule has 1 aromatic heterocycles. The molecular formula is C44H61BrN4O12S2. The van der Waals surface area contributed by atoms with Crippen molar-refractivity contribution >= 4 is 67.1 Å². The number of ether oxygens (including phenoxy) is 2. The first-order valence-electron chi connectivity index (χ1n) is 21.7. The number of hydrogen-bond acceptors (Lipinski definition) is 16. The van der Waals surface area contributed by atoms with Crippen LogP contribution >= 0.6 is 39.5 Å². The molecule has 4 spiro atoms. The largest absolute Gasteiger partial charge is 0.397 e. The second-order valence-corrected chi connectivity index (χ2v) is 23.6. The molecule has 11 fully saturated rings. The Hall–Kier alpha value is -2.27. The number of carbonyl (C=O) groups excluding carboxylic acids is 3. The van der Waals surface area contributed by atoms with E-state index in [-0.39, 0.29) is 53.4 Å². The zero-order chi connectivity index (χ0) is 46.7. The van der Waals surface area contributed by atoms with E-state index in [9.17, 15) is 45.0 Å². The van der Waals surface area contributed by atoms with Crippen LogP contribution in [0.3, 0.4) is 0 Å². The third-order valence-electron chi connectivity index (χ3n) is 17.5. The Morgan fingerprint density at radius 1 is 0.810 bits per heavy atom. The van der Waals surface area contributed by atoms with Crippen LogP contribution < -0.4 is 17.2 Å². The van der Waals surface area contributed by atoms with Crippen LogP contribution in [0.25, 0.3) is 0 Å². The van der Waals surface area contributed by atoms with Crippen LogP contribution in [0.5, 0.6) is 0 Å². The molecule has 8 aliphatic carbocycles. The van der Waals surface area contributed by atoms with Crippen LogP contribution in [-0.2, 0) is 35.7 Å². The number of thiocarbonyl (C=S) groups is 1. The number of aromatic nitrogens is 1. The lowest BCUT2D eigenvalue weighted by atomic mass is 9.36. The van der Waals surface area contributed by atoms with E-state index in [4.69, 9.17) is 20.3 Å². The summed E-state index contributed by atoms with van der Waals surface area (Å²) in [6.45, 7) is 18.0. The van der Waals surface area contributed by atoms with Gasteiger partial charge in [0, 0.05) is 40.6 Å². The quantitative estimate of drug-likeness (QED) is 0.0982. The Bertz CT molecular complexity index is 2200. The maximum Gasteiger partial charge on any atom is 0.208 e. The topological polar surface area (TPSA) is 302 Å². The zero-order valence-corrected chi connectivity index (χ0v) is 39.4. The van der Waals surface area contributed by atoms with Crippen LogP contribution in [0, 0.1) is 62.6 Å². The van der Waals surface area contributed by atoms with E-state index in [0.29, 0.717) is 49.2 Å². The fourth-order valence-electron chi connectivity index (χ4n) is 15.8. The van der Waals surface area contributed by atoms with E-state index in [2.05, 4.69) is 71.6 Å². The predicted octanol–water partition coefficient (Wildman–Crippen LogP) is 0.912. The van der Waals surface area contributed by atoms with Crippen LogP contribution in [0.1, 0.15) is 77.3 Å². The summed E-state index contributed by atoms with van der Waals surface area (Å²) in [5, 5.41) is 76.8. The molecule has 8 bridgehead atoms. The van der Waals surface area contributed by atoms with Crippen LogP contribution in [0.4, 0.5) is 5.13 Å². The number of fused-ring (bicyclic) bond motifs is 5. The summed E-state index contributed by atoms with van der Waals surface area (Å²) in [5.74, 6) is -8.05. The highest BCUT2D eigenvalue weighted by atomic mass is 79.9. The molecule has 1 aromatic rings. The molecule has 17 atom stereocenters. The molecule has 4 aliphatic heterocycles. The summed E-state index contributed by atoms with van der Waals surface area (Å²) in [6.07, 6.45) is -1.60. The minimum Gasteiger partial charge on any atom is -0.397 e. The van der Waals surface area contributed by atoms with Gasteiger partial charge in [0.15, 0.2) is 27.6 Å². The van der Waals surface area contributed by atoms with E-state index in [0.717, 1.165) is 10.6 Å². The zero-order valence-electron chi connectivity index (χ0n) is 36.2. The van der Waals surface area contributed by atoms with Crippen LogP contribution in [-0.4, -0.2) is 124 Å². The number of anilines is 1. The van der Waals surface area contributed by atoms with Crippen molar-refractivity contribution in [2.75, 3.05) is 25.6 Å². The maximum atomic E-state index is 13.6. The highest BCUT2D eigenvalue weighted by Crippen LogP contribution is 2.78. The normalized spacial score (nSPS) is 49.3. The van der Waals surface area contributed by atoms with Gasteiger partial charge in [-0.1, -0.05) is 56.8 Å². The van der Waals surface area contributed by atoms with Gasteiger partial charge in [-0.3, -0.25) is 14.4 Å². The molecule has 13 rings (SSSR count). The summed E-state index contributed by atoms with van der Waals surface area (Å²) in [4.78, 5) is 45.8. The molecule has 63 heavy (non-hydrogen) atoms. The number of hydrogen-bond donors (Lipinski definition) is 10. The molecule has 1 unspecified atom stereocenters. The Morgan fingerprint density at radius 3 is 1.68 bits per heavy atom. The van der Waals surface area contributed by atoms with Gasteiger partial charge in [-0.05, 0) is 91.5 Å². The number of Topliss-reactive ketones (excluding diaryl/α,β-unsaturated/α-hetero) is 3. The average molecular weight is 982 g/mol. The summed E-state index contributed by atoms with van der Waals surface area (Å²) >= 11 is 9.05. The molecule has 7 saturated carbocycles. The van der Waals surface area contributed by atoms with E-state index < -0.39 is 103 Å². The first kappa shape index (κ1) is 47.2. The first-order chi connectivity index (χ1) is 29.2. The lowest BCUT2D eigenvalue weighted by Crippen LogP contribution is -2.85. The molecule has 19 heteroatoms. The monoisotopic (exact) mass is 980 g/mol. The first-order valence-corrected chi connectivity index (χ1v) is 23.8. The number of aliphatic hydroxyl groups is 7. The second kappa shape index (κ2) is 14.6. The predicted molar refractivity (Wildman–Crippen MR) is 236 cm³/mol. The molecule has 16 nitrogen and oxygen atoms in total. The summed E-state index contributed by atoms with van der Waals surface area (Å²) in [5.41, 5.74) is 10.6. The van der Waals surface area contributed by atoms with Crippen molar-refractivity contribution in [3.05, 3.63) is 34.9 Å². The van der Waals surface area contributed by atoms with Crippen molar-refractivity contribution in [2.24, 2.45) is 74.0 Å². The lowest BCUT2D eigenvalue weighted by molar-refractivity contribution is -0.437. The van der Waals surface area contributed by atoms with E-state index in [1.807, 2.05) is 13.8 Å². The smallest absolute Gasteiger partial charge is 0.208 e. The summed E-state index contributed by atoms with van der Waals surface area (Å²) < 4.78 is 11.8. The van der Waals surface area contributed by atoms with Crippen molar-refractivity contribution in [3.8, 4) is 0 Å². The van der Waals surface area contributed by atoms with Gasteiger partial charge in [0.25, 0.3) is 0 Å². The number of halogens is 1. The van der Waals surface area contributed by atoms with Crippen LogP contribution in [0.2, 0.25) is 0 Å². The van der Waals surface area contributed by atoms with Crippen molar-refractivity contribution in [2.45, 2.75) is 119 Å². The van der Waals surface area contributed by atoms with E-state index >= 15 is 0 Å². The van der Waals surface area contributed by atoms with Gasteiger partial charge < -0.3 is 62.4 Å². The number of carbonyl (C=O) groups is 3. The number of nitrogens with two attached hydrogens (primary N) is 3. The molecule has 5 heterocycles.